The number of hydrogen-bond acceptors (Lipinski definition) is 12. The molecule has 1 aliphatic rings. The van der Waals surface area contributed by atoms with Crippen molar-refractivity contribution in [2.45, 2.75) is 78.7 Å². The quantitative estimate of drug-likeness (QED) is 0.0108. The molecule has 71 heavy (non-hydrogen) atoms. The van der Waals surface area contributed by atoms with Gasteiger partial charge in [0, 0.05) is 5.57 Å². The minimum absolute atomic E-state index is 0.141. The van der Waals surface area contributed by atoms with Gasteiger partial charge in [-0.3, -0.25) is 0 Å². The van der Waals surface area contributed by atoms with Crippen molar-refractivity contribution in [3.63, 3.8) is 0 Å². The molecule has 0 bridgehead atoms. The molecule has 1 aliphatic heterocycles. The van der Waals surface area contributed by atoms with Gasteiger partial charge in [-0.15, -0.1) is 0 Å². The van der Waals surface area contributed by atoms with Crippen molar-refractivity contribution in [2.24, 2.45) is 0 Å². The smallest absolute Gasteiger partial charge is 0.343 e. The molecule has 0 N–H and O–H groups in total. The Morgan fingerprint density at radius 1 is 0.577 bits per heavy atom. The van der Waals surface area contributed by atoms with E-state index in [4.69, 9.17) is 37.9 Å². The fourth-order valence-electron chi connectivity index (χ4n) is 7.07. The molecular formula is C59H62O12. The van der Waals surface area contributed by atoms with Crippen LogP contribution in [0.3, 0.4) is 0 Å². The maximum absolute atomic E-state index is 13.4. The van der Waals surface area contributed by atoms with E-state index in [2.05, 4.69) is 20.1 Å². The van der Waals surface area contributed by atoms with Crippen LogP contribution in [0.5, 0.6) is 28.7 Å². The van der Waals surface area contributed by atoms with E-state index in [0.717, 1.165) is 83.7 Å². The van der Waals surface area contributed by atoms with E-state index >= 15 is 0 Å². The molecule has 12 nitrogen and oxygen atoms in total. The third-order valence-corrected chi connectivity index (χ3v) is 10.9. The van der Waals surface area contributed by atoms with Crippen LogP contribution in [0.15, 0.2) is 152 Å². The number of carbonyl (C=O) groups excluding carboxylic acids is 4. The molecule has 0 amide bonds. The van der Waals surface area contributed by atoms with E-state index in [1.165, 1.54) is 0 Å². The van der Waals surface area contributed by atoms with Gasteiger partial charge in [-0.25, -0.2) is 19.2 Å². The molecule has 7 rings (SSSR count). The van der Waals surface area contributed by atoms with Gasteiger partial charge in [-0.1, -0.05) is 63.8 Å². The lowest BCUT2D eigenvalue weighted by molar-refractivity contribution is -0.139. The number of allylic oxidation sites excluding steroid dienone is 2. The number of fused-ring (bicyclic) bond motifs is 2. The summed E-state index contributed by atoms with van der Waals surface area (Å²) in [6.07, 6.45) is 9.88. The Morgan fingerprint density at radius 2 is 1.11 bits per heavy atom. The fraction of sp³-hybridized carbons (Fsp3) is 0.288. The van der Waals surface area contributed by atoms with Gasteiger partial charge in [0.2, 0.25) is 0 Å². The highest BCUT2D eigenvalue weighted by Gasteiger charge is 2.23. The fourth-order valence-corrected chi connectivity index (χ4v) is 7.07. The Kier molecular flexibility index (Phi) is 19.9. The van der Waals surface area contributed by atoms with E-state index in [1.807, 2.05) is 50.3 Å². The van der Waals surface area contributed by atoms with Gasteiger partial charge >= 0.3 is 23.9 Å². The standard InChI is InChI=1S/C51H48O11.C8H14O/c1-4-9-39-30-45(61-50(54)40-12-10-37-28-43(20-16-35(37)26-40)56-24-7-5-6-8-25-57-48(52)33(2)3)22-23-47(39)62-51(55)41-13-11-38-29-44(21-17-36(38)27-41)60-49(53)34-14-18-42(19-15-34)58-31-46-32-59-46;1-4-6-8(3)9-7-5-2/h10-23,26-30,46H,2,4-9,24-25,31-32H2,1,3H3;4,6H,3,5,7H2,1-2H3/b;6-4-. The Morgan fingerprint density at radius 3 is 1.73 bits per heavy atom. The first-order chi connectivity index (χ1) is 34.4. The molecule has 6 aromatic carbocycles. The van der Waals surface area contributed by atoms with E-state index < -0.39 is 17.9 Å². The van der Waals surface area contributed by atoms with Crippen molar-refractivity contribution >= 4 is 45.4 Å². The summed E-state index contributed by atoms with van der Waals surface area (Å²) in [5.74, 6) is 1.31. The highest BCUT2D eigenvalue weighted by Crippen LogP contribution is 2.30. The number of esters is 4. The second-order valence-electron chi connectivity index (χ2n) is 16.9. The Hall–Kier alpha value is -7.70. The summed E-state index contributed by atoms with van der Waals surface area (Å²) >= 11 is 0. The van der Waals surface area contributed by atoms with Gasteiger partial charge < -0.3 is 37.9 Å². The van der Waals surface area contributed by atoms with Crippen LogP contribution >= 0.6 is 0 Å². The summed E-state index contributed by atoms with van der Waals surface area (Å²) in [4.78, 5) is 50.9. The van der Waals surface area contributed by atoms with Crippen LogP contribution in [0.1, 0.15) is 103 Å². The van der Waals surface area contributed by atoms with Crippen LogP contribution < -0.4 is 23.7 Å². The lowest BCUT2D eigenvalue weighted by Crippen LogP contribution is -2.11. The maximum atomic E-state index is 13.4. The lowest BCUT2D eigenvalue weighted by Gasteiger charge is -2.13. The first kappa shape index (κ1) is 52.7. The molecule has 1 atom stereocenters. The van der Waals surface area contributed by atoms with E-state index in [9.17, 15) is 19.2 Å². The number of epoxide rings is 1. The van der Waals surface area contributed by atoms with Crippen molar-refractivity contribution in [2.75, 3.05) is 33.0 Å². The summed E-state index contributed by atoms with van der Waals surface area (Å²) in [6, 6.07) is 33.2. The monoisotopic (exact) mass is 962 g/mol. The summed E-state index contributed by atoms with van der Waals surface area (Å²) in [5.41, 5.74) is 2.26. The third kappa shape index (κ3) is 16.7. The van der Waals surface area contributed by atoms with Crippen LogP contribution in [0.4, 0.5) is 0 Å². The van der Waals surface area contributed by atoms with Crippen LogP contribution in [0, 0.1) is 0 Å². The van der Waals surface area contributed by atoms with Gasteiger partial charge in [-0.2, -0.15) is 0 Å². The number of unbranched alkanes of at least 4 members (excludes halogenated alkanes) is 3. The predicted octanol–water partition coefficient (Wildman–Crippen LogP) is 12.9. The molecule has 1 heterocycles. The summed E-state index contributed by atoms with van der Waals surface area (Å²) in [7, 11) is 0. The van der Waals surface area contributed by atoms with Gasteiger partial charge in [-0.05, 0) is 177 Å². The highest BCUT2D eigenvalue weighted by atomic mass is 16.6. The van der Waals surface area contributed by atoms with Crippen molar-refractivity contribution < 1.29 is 57.1 Å². The Labute approximate surface area is 415 Å². The number of ether oxygens (including phenoxy) is 8. The molecule has 0 aliphatic carbocycles. The molecule has 0 radical (unpaired) electrons. The van der Waals surface area contributed by atoms with E-state index in [-0.39, 0.29) is 12.1 Å². The van der Waals surface area contributed by atoms with Crippen molar-refractivity contribution in [1.29, 1.82) is 0 Å². The van der Waals surface area contributed by atoms with Crippen LogP contribution in [-0.4, -0.2) is 63.0 Å². The van der Waals surface area contributed by atoms with Crippen molar-refractivity contribution in [1.82, 2.24) is 0 Å². The molecule has 370 valence electrons. The van der Waals surface area contributed by atoms with Crippen molar-refractivity contribution in [3.8, 4) is 28.7 Å². The number of hydrogen-bond donors (Lipinski definition) is 0. The summed E-state index contributed by atoms with van der Waals surface area (Å²) < 4.78 is 44.3. The van der Waals surface area contributed by atoms with Crippen molar-refractivity contribution in [3.05, 3.63) is 174 Å². The third-order valence-electron chi connectivity index (χ3n) is 10.9. The van der Waals surface area contributed by atoms with E-state index in [1.54, 1.807) is 97.9 Å². The topological polar surface area (TPSA) is 145 Å². The molecule has 0 saturated carbocycles. The second kappa shape index (κ2) is 26.9. The molecule has 6 aromatic rings. The average molecular weight is 963 g/mol. The highest BCUT2D eigenvalue weighted by molar-refractivity contribution is 5.98. The molecule has 0 spiro atoms. The summed E-state index contributed by atoms with van der Waals surface area (Å²) in [5, 5.41) is 3.33. The van der Waals surface area contributed by atoms with Gasteiger partial charge in [0.25, 0.3) is 0 Å². The molecule has 1 saturated heterocycles. The molecule has 12 heteroatoms. The van der Waals surface area contributed by atoms with E-state index in [0.29, 0.717) is 78.1 Å². The molecular weight excluding hydrogens is 901 g/mol. The van der Waals surface area contributed by atoms with Crippen LogP contribution in [0.2, 0.25) is 0 Å². The lowest BCUT2D eigenvalue weighted by atomic mass is 10.1. The maximum Gasteiger partial charge on any atom is 0.343 e. The Balaban J connectivity index is 0.000000834. The van der Waals surface area contributed by atoms with Crippen LogP contribution in [-0.2, 0) is 25.4 Å². The zero-order valence-corrected chi connectivity index (χ0v) is 41.0. The number of aryl methyl sites for hydroxylation is 1. The Bertz CT molecular complexity index is 2840. The molecule has 1 fully saturated rings. The number of benzene rings is 6. The van der Waals surface area contributed by atoms with Gasteiger partial charge in [0.05, 0.1) is 43.1 Å². The normalized spacial score (nSPS) is 12.6. The zero-order valence-electron chi connectivity index (χ0n) is 41.0. The second-order valence-corrected chi connectivity index (χ2v) is 16.9. The minimum Gasteiger partial charge on any atom is -0.494 e. The molecule has 0 aromatic heterocycles. The average Bonchev–Trinajstić information content (AvgIpc) is 4.21. The SMILES string of the molecule is C=C(/C=C\C)OCCC.C=C(C)C(=O)OCCCCCCOc1ccc2cc(C(=O)Oc3ccc(OC(=O)c4ccc5cc(OC(=O)c6ccc(OCC7CO7)cc6)ccc5c4)c(CCC)c3)ccc2c1. The van der Waals surface area contributed by atoms with Gasteiger partial charge in [0.15, 0.2) is 0 Å². The largest absolute Gasteiger partial charge is 0.494 e. The summed E-state index contributed by atoms with van der Waals surface area (Å²) in [6.45, 7) is 17.8. The zero-order chi connectivity index (χ0) is 50.5. The first-order valence-electron chi connectivity index (χ1n) is 24.0. The molecule has 1 unspecified atom stereocenters. The first-order valence-corrected chi connectivity index (χ1v) is 24.0. The predicted molar refractivity (Wildman–Crippen MR) is 275 cm³/mol. The number of rotatable bonds is 24. The minimum atomic E-state index is -0.540. The number of carbonyl (C=O) groups is 4. The van der Waals surface area contributed by atoms with Gasteiger partial charge in [0.1, 0.15) is 47.2 Å². The van der Waals surface area contributed by atoms with Crippen LogP contribution in [0.25, 0.3) is 21.5 Å².